The number of aliphatic hydroxyl groups excluding tert-OH is 1. The normalized spacial score (nSPS) is 11.1. The molecule has 0 unspecified atom stereocenters. The molecule has 3 aromatic rings. The van der Waals surface area contributed by atoms with Gasteiger partial charge in [-0.25, -0.2) is 4.79 Å². The molecule has 0 aliphatic carbocycles. The second-order valence-electron chi connectivity index (χ2n) is 8.03. The van der Waals surface area contributed by atoms with Gasteiger partial charge in [0.25, 0.3) is 5.56 Å². The van der Waals surface area contributed by atoms with E-state index in [0.717, 1.165) is 27.6 Å². The standard InChI is InChI=1S/C24H29N3O3/c1-15(2)18-6-5-7-21(13-18)25-24(30)27(8-9-28)14-20-12-19-11-16(3)10-17(4)22(19)26-23(20)29/h5-7,10-13,15,28H,8-9,14H2,1-4H3,(H,25,30)(H,26,29). The van der Waals surface area contributed by atoms with E-state index in [9.17, 15) is 14.7 Å². The Morgan fingerprint density at radius 3 is 2.63 bits per heavy atom. The molecule has 0 saturated heterocycles. The SMILES string of the molecule is Cc1cc(C)c2[nH]c(=O)c(CN(CCO)C(=O)Nc3cccc(C(C)C)c3)cc2c1. The largest absolute Gasteiger partial charge is 0.395 e. The van der Waals surface area contributed by atoms with Gasteiger partial charge in [-0.2, -0.15) is 0 Å². The van der Waals surface area contributed by atoms with Crippen LogP contribution in [0.2, 0.25) is 0 Å². The molecule has 1 heterocycles. The van der Waals surface area contributed by atoms with Crippen molar-refractivity contribution in [2.24, 2.45) is 0 Å². The number of anilines is 1. The number of aromatic amines is 1. The Labute approximate surface area is 176 Å². The number of H-pyrrole nitrogens is 1. The van der Waals surface area contributed by atoms with Crippen molar-refractivity contribution < 1.29 is 9.90 Å². The lowest BCUT2D eigenvalue weighted by Gasteiger charge is -2.22. The molecular weight excluding hydrogens is 378 g/mol. The first kappa shape index (κ1) is 21.6. The number of hydrogen-bond acceptors (Lipinski definition) is 3. The number of aliphatic hydroxyl groups is 1. The number of hydrogen-bond donors (Lipinski definition) is 3. The summed E-state index contributed by atoms with van der Waals surface area (Å²) in [5.74, 6) is 0.346. The third kappa shape index (κ3) is 4.89. The topological polar surface area (TPSA) is 85.4 Å². The van der Waals surface area contributed by atoms with Gasteiger partial charge >= 0.3 is 6.03 Å². The Morgan fingerprint density at radius 2 is 1.93 bits per heavy atom. The van der Waals surface area contributed by atoms with Crippen LogP contribution in [0.4, 0.5) is 10.5 Å². The molecule has 0 radical (unpaired) electrons. The van der Waals surface area contributed by atoms with E-state index in [0.29, 0.717) is 17.2 Å². The molecule has 2 aromatic carbocycles. The molecule has 0 aliphatic rings. The zero-order valence-corrected chi connectivity index (χ0v) is 18.0. The first-order chi connectivity index (χ1) is 14.3. The van der Waals surface area contributed by atoms with E-state index in [-0.39, 0.29) is 31.3 Å². The molecule has 158 valence electrons. The molecule has 6 heteroatoms. The third-order valence-corrected chi connectivity index (χ3v) is 5.19. The number of nitrogens with one attached hydrogen (secondary N) is 2. The third-order valence-electron chi connectivity index (χ3n) is 5.19. The van der Waals surface area contributed by atoms with E-state index in [2.05, 4.69) is 24.1 Å². The maximum atomic E-state index is 12.9. The second kappa shape index (κ2) is 9.13. The number of benzene rings is 2. The van der Waals surface area contributed by atoms with Crippen molar-refractivity contribution in [2.45, 2.75) is 40.2 Å². The fourth-order valence-electron chi connectivity index (χ4n) is 3.61. The van der Waals surface area contributed by atoms with Crippen molar-refractivity contribution in [2.75, 3.05) is 18.5 Å². The van der Waals surface area contributed by atoms with Gasteiger partial charge in [0, 0.05) is 17.8 Å². The van der Waals surface area contributed by atoms with E-state index in [1.54, 1.807) is 0 Å². The lowest BCUT2D eigenvalue weighted by atomic mass is 10.0. The minimum atomic E-state index is -0.357. The number of amides is 2. The highest BCUT2D eigenvalue weighted by Crippen LogP contribution is 2.20. The maximum absolute atomic E-state index is 12.9. The van der Waals surface area contributed by atoms with Gasteiger partial charge in [0.15, 0.2) is 0 Å². The summed E-state index contributed by atoms with van der Waals surface area (Å²) in [6, 6.07) is 13.2. The number of carbonyl (C=O) groups excluding carboxylic acids is 1. The fraction of sp³-hybridized carbons (Fsp3) is 0.333. The number of nitrogens with zero attached hydrogens (tertiary/aromatic N) is 1. The fourth-order valence-corrected chi connectivity index (χ4v) is 3.61. The molecule has 0 bridgehead atoms. The summed E-state index contributed by atoms with van der Waals surface area (Å²) in [5, 5.41) is 13.3. The molecule has 0 spiro atoms. The predicted molar refractivity (Wildman–Crippen MR) is 121 cm³/mol. The van der Waals surface area contributed by atoms with Gasteiger partial charge in [-0.3, -0.25) is 4.79 Å². The minimum Gasteiger partial charge on any atom is -0.395 e. The lowest BCUT2D eigenvalue weighted by molar-refractivity contribution is 0.185. The Hall–Kier alpha value is -3.12. The number of fused-ring (bicyclic) bond motifs is 1. The Bertz CT molecular complexity index is 1120. The van der Waals surface area contributed by atoms with Crippen LogP contribution in [0.5, 0.6) is 0 Å². The smallest absolute Gasteiger partial charge is 0.322 e. The molecule has 0 aliphatic heterocycles. The minimum absolute atomic E-state index is 0.106. The number of carbonyl (C=O) groups is 1. The number of urea groups is 1. The van der Waals surface area contributed by atoms with E-state index >= 15 is 0 Å². The average Bonchev–Trinajstić information content (AvgIpc) is 2.69. The summed E-state index contributed by atoms with van der Waals surface area (Å²) in [4.78, 5) is 29.9. The van der Waals surface area contributed by atoms with Gasteiger partial charge in [-0.05, 0) is 60.5 Å². The zero-order valence-electron chi connectivity index (χ0n) is 18.0. The van der Waals surface area contributed by atoms with E-state index in [4.69, 9.17) is 0 Å². The Morgan fingerprint density at radius 1 is 1.17 bits per heavy atom. The van der Waals surface area contributed by atoms with Crippen LogP contribution in [0.1, 0.15) is 42.0 Å². The van der Waals surface area contributed by atoms with Crippen molar-refractivity contribution in [3.63, 3.8) is 0 Å². The van der Waals surface area contributed by atoms with E-state index in [1.807, 2.05) is 56.3 Å². The van der Waals surface area contributed by atoms with Crippen LogP contribution in [0.25, 0.3) is 10.9 Å². The van der Waals surface area contributed by atoms with Gasteiger partial charge < -0.3 is 20.3 Å². The molecule has 0 fully saturated rings. The van der Waals surface area contributed by atoms with E-state index < -0.39 is 0 Å². The summed E-state index contributed by atoms with van der Waals surface area (Å²) in [6.45, 7) is 8.19. The van der Waals surface area contributed by atoms with Crippen LogP contribution in [-0.2, 0) is 6.54 Å². The quantitative estimate of drug-likeness (QED) is 0.570. The Kier molecular flexibility index (Phi) is 6.57. The zero-order chi connectivity index (χ0) is 21.8. The molecule has 3 rings (SSSR count). The molecule has 6 nitrogen and oxygen atoms in total. The monoisotopic (exact) mass is 407 g/mol. The first-order valence-electron chi connectivity index (χ1n) is 10.2. The summed E-state index contributed by atoms with van der Waals surface area (Å²) in [5.41, 5.74) is 4.97. The van der Waals surface area contributed by atoms with Gasteiger partial charge in [-0.15, -0.1) is 0 Å². The predicted octanol–water partition coefficient (Wildman–Crippen LogP) is 4.29. The van der Waals surface area contributed by atoms with Crippen LogP contribution in [0.3, 0.4) is 0 Å². The summed E-state index contributed by atoms with van der Waals surface area (Å²) >= 11 is 0. The van der Waals surface area contributed by atoms with Crippen LogP contribution in [-0.4, -0.2) is 34.2 Å². The van der Waals surface area contributed by atoms with Crippen molar-refractivity contribution >= 4 is 22.6 Å². The molecule has 0 saturated carbocycles. The molecule has 2 amide bonds. The highest BCUT2D eigenvalue weighted by molar-refractivity contribution is 5.89. The summed E-state index contributed by atoms with van der Waals surface area (Å²) in [7, 11) is 0. The first-order valence-corrected chi connectivity index (χ1v) is 10.2. The number of aryl methyl sites for hydroxylation is 2. The molecule has 30 heavy (non-hydrogen) atoms. The van der Waals surface area contributed by atoms with Gasteiger partial charge in [0.1, 0.15) is 0 Å². The van der Waals surface area contributed by atoms with Gasteiger partial charge in [0.2, 0.25) is 0 Å². The van der Waals surface area contributed by atoms with Crippen molar-refractivity contribution in [1.82, 2.24) is 9.88 Å². The number of rotatable bonds is 6. The van der Waals surface area contributed by atoms with Crippen molar-refractivity contribution in [3.05, 3.63) is 75.1 Å². The molecule has 3 N–H and O–H groups in total. The van der Waals surface area contributed by atoms with Crippen LogP contribution in [0.15, 0.2) is 47.3 Å². The van der Waals surface area contributed by atoms with Crippen molar-refractivity contribution in [3.8, 4) is 0 Å². The summed E-state index contributed by atoms with van der Waals surface area (Å²) in [6.07, 6.45) is 0. The van der Waals surface area contributed by atoms with Crippen molar-refractivity contribution in [1.29, 1.82) is 0 Å². The second-order valence-corrected chi connectivity index (χ2v) is 8.03. The summed E-state index contributed by atoms with van der Waals surface area (Å²) < 4.78 is 0. The number of aromatic nitrogens is 1. The van der Waals surface area contributed by atoms with Crippen LogP contribution >= 0.6 is 0 Å². The van der Waals surface area contributed by atoms with Gasteiger partial charge in [-0.1, -0.05) is 37.6 Å². The lowest BCUT2D eigenvalue weighted by Crippen LogP contribution is -2.38. The average molecular weight is 408 g/mol. The van der Waals surface area contributed by atoms with E-state index in [1.165, 1.54) is 4.90 Å². The molecule has 1 aromatic heterocycles. The molecule has 0 atom stereocenters. The van der Waals surface area contributed by atoms with Gasteiger partial charge in [0.05, 0.1) is 18.7 Å². The maximum Gasteiger partial charge on any atom is 0.322 e. The van der Waals surface area contributed by atoms with Crippen LogP contribution in [0, 0.1) is 13.8 Å². The Balaban J connectivity index is 1.86. The molecular formula is C24H29N3O3. The highest BCUT2D eigenvalue weighted by atomic mass is 16.3. The highest BCUT2D eigenvalue weighted by Gasteiger charge is 2.17. The number of pyridine rings is 1. The van der Waals surface area contributed by atoms with Crippen LogP contribution < -0.4 is 10.9 Å².